The van der Waals surface area contributed by atoms with Crippen LogP contribution in [-0.4, -0.2) is 35.8 Å². The average molecular weight is 352 g/mol. The SMILES string of the molecule is Cn1cc(NC(=O)c2coc(-c3ccnc(N)c3)n2)c(-c2ncon2)n1. The van der Waals surface area contributed by atoms with E-state index in [1.807, 2.05) is 0 Å². The molecule has 0 saturated carbocycles. The fraction of sp³-hybridized carbons (Fsp3) is 0.0667. The smallest absolute Gasteiger partial charge is 0.277 e. The molecule has 0 unspecified atom stereocenters. The molecule has 4 aromatic rings. The summed E-state index contributed by atoms with van der Waals surface area (Å²) in [7, 11) is 1.71. The molecule has 11 nitrogen and oxygen atoms in total. The first-order valence-corrected chi connectivity index (χ1v) is 7.39. The Balaban J connectivity index is 1.59. The number of hydrogen-bond donors (Lipinski definition) is 2. The molecule has 11 heteroatoms. The van der Waals surface area contributed by atoms with Gasteiger partial charge in [-0.3, -0.25) is 9.48 Å². The van der Waals surface area contributed by atoms with E-state index in [1.54, 1.807) is 25.4 Å². The monoisotopic (exact) mass is 352 g/mol. The minimum Gasteiger partial charge on any atom is -0.444 e. The van der Waals surface area contributed by atoms with Crippen LogP contribution in [0.15, 0.2) is 46.1 Å². The van der Waals surface area contributed by atoms with E-state index in [0.29, 0.717) is 22.8 Å². The topological polar surface area (TPSA) is 151 Å². The van der Waals surface area contributed by atoms with Crippen molar-refractivity contribution in [1.29, 1.82) is 0 Å². The van der Waals surface area contributed by atoms with Crippen molar-refractivity contribution < 1.29 is 13.7 Å². The number of nitrogens with one attached hydrogen (secondary N) is 1. The number of nitrogen functional groups attached to an aromatic ring is 1. The minimum atomic E-state index is -0.472. The number of hydrogen-bond acceptors (Lipinski definition) is 9. The number of aromatic nitrogens is 6. The van der Waals surface area contributed by atoms with Crippen LogP contribution in [0.3, 0.4) is 0 Å². The molecule has 0 radical (unpaired) electrons. The molecule has 1 amide bonds. The number of nitrogens with zero attached hydrogens (tertiary/aromatic N) is 6. The van der Waals surface area contributed by atoms with Crippen molar-refractivity contribution in [3.8, 4) is 23.0 Å². The predicted molar refractivity (Wildman–Crippen MR) is 88.6 cm³/mol. The molecule has 26 heavy (non-hydrogen) atoms. The van der Waals surface area contributed by atoms with Crippen LogP contribution < -0.4 is 11.1 Å². The van der Waals surface area contributed by atoms with Crippen molar-refractivity contribution >= 4 is 17.4 Å². The quantitative estimate of drug-likeness (QED) is 0.554. The molecule has 0 aliphatic rings. The summed E-state index contributed by atoms with van der Waals surface area (Å²) in [4.78, 5) is 24.5. The molecule has 0 spiro atoms. The zero-order valence-electron chi connectivity index (χ0n) is 13.4. The van der Waals surface area contributed by atoms with Crippen molar-refractivity contribution in [1.82, 2.24) is 29.9 Å². The fourth-order valence-corrected chi connectivity index (χ4v) is 2.30. The van der Waals surface area contributed by atoms with Crippen LogP contribution in [0.5, 0.6) is 0 Å². The Hall–Kier alpha value is -4.02. The molecule has 0 aliphatic carbocycles. The second-order valence-corrected chi connectivity index (χ2v) is 5.28. The normalized spacial score (nSPS) is 10.8. The van der Waals surface area contributed by atoms with Crippen molar-refractivity contribution in [2.24, 2.45) is 7.05 Å². The molecule has 0 aliphatic heterocycles. The first-order valence-electron chi connectivity index (χ1n) is 7.39. The minimum absolute atomic E-state index is 0.0956. The largest absolute Gasteiger partial charge is 0.444 e. The maximum absolute atomic E-state index is 12.5. The van der Waals surface area contributed by atoms with Crippen LogP contribution in [0.2, 0.25) is 0 Å². The van der Waals surface area contributed by atoms with Gasteiger partial charge in [0.15, 0.2) is 11.4 Å². The standard InChI is InChI=1S/C15H12N8O3/c1-23-5-9(12(21-23)13-18-7-26-22-13)19-14(24)10-6-25-15(20-10)8-2-3-17-11(16)4-8/h2-7H,1H3,(H2,16,17)(H,19,24). The number of aryl methyl sites for hydroxylation is 1. The van der Waals surface area contributed by atoms with Crippen LogP contribution in [0.4, 0.5) is 11.5 Å². The zero-order valence-corrected chi connectivity index (χ0v) is 13.4. The van der Waals surface area contributed by atoms with Gasteiger partial charge in [-0.1, -0.05) is 5.16 Å². The van der Waals surface area contributed by atoms with Gasteiger partial charge in [0.2, 0.25) is 18.1 Å². The Bertz CT molecular complexity index is 1070. The van der Waals surface area contributed by atoms with Gasteiger partial charge in [0.25, 0.3) is 5.91 Å². The highest BCUT2D eigenvalue weighted by atomic mass is 16.5. The number of pyridine rings is 1. The predicted octanol–water partition coefficient (Wildman–Crippen LogP) is 1.35. The lowest BCUT2D eigenvalue weighted by atomic mass is 10.2. The summed E-state index contributed by atoms with van der Waals surface area (Å²) >= 11 is 0. The Morgan fingerprint density at radius 1 is 1.35 bits per heavy atom. The molecule has 4 rings (SSSR count). The highest BCUT2D eigenvalue weighted by Gasteiger charge is 2.19. The van der Waals surface area contributed by atoms with Gasteiger partial charge >= 0.3 is 0 Å². The van der Waals surface area contributed by atoms with E-state index in [4.69, 9.17) is 14.7 Å². The maximum atomic E-state index is 12.5. The van der Waals surface area contributed by atoms with E-state index in [1.165, 1.54) is 23.5 Å². The third kappa shape index (κ3) is 2.88. The Morgan fingerprint density at radius 2 is 2.23 bits per heavy atom. The maximum Gasteiger partial charge on any atom is 0.277 e. The van der Waals surface area contributed by atoms with Crippen LogP contribution in [-0.2, 0) is 7.05 Å². The van der Waals surface area contributed by atoms with Crippen molar-refractivity contribution in [2.75, 3.05) is 11.1 Å². The van der Waals surface area contributed by atoms with Crippen LogP contribution >= 0.6 is 0 Å². The molecule has 0 aromatic carbocycles. The number of nitrogens with two attached hydrogens (primary N) is 1. The van der Waals surface area contributed by atoms with Gasteiger partial charge in [-0.05, 0) is 12.1 Å². The lowest BCUT2D eigenvalue weighted by molar-refractivity contribution is 0.102. The van der Waals surface area contributed by atoms with E-state index in [0.717, 1.165) is 0 Å². The van der Waals surface area contributed by atoms with Gasteiger partial charge in [-0.15, -0.1) is 0 Å². The first kappa shape index (κ1) is 15.5. The second kappa shape index (κ2) is 6.12. The third-order valence-electron chi connectivity index (χ3n) is 3.41. The Kier molecular flexibility index (Phi) is 3.65. The summed E-state index contributed by atoms with van der Waals surface area (Å²) in [5, 5.41) is 10.7. The van der Waals surface area contributed by atoms with Crippen molar-refractivity contribution in [3.63, 3.8) is 0 Å². The van der Waals surface area contributed by atoms with E-state index in [2.05, 4.69) is 30.5 Å². The molecule has 4 aromatic heterocycles. The van der Waals surface area contributed by atoms with Gasteiger partial charge < -0.3 is 20.0 Å². The van der Waals surface area contributed by atoms with E-state index in [9.17, 15) is 4.79 Å². The van der Waals surface area contributed by atoms with Gasteiger partial charge in [0.05, 0.1) is 5.69 Å². The number of carbonyl (C=O) groups is 1. The summed E-state index contributed by atoms with van der Waals surface area (Å²) in [6.07, 6.45) is 5.58. The Morgan fingerprint density at radius 3 is 3.00 bits per heavy atom. The molecular formula is C15H12N8O3. The van der Waals surface area contributed by atoms with Gasteiger partial charge in [-0.2, -0.15) is 10.1 Å². The van der Waals surface area contributed by atoms with Crippen LogP contribution in [0.1, 0.15) is 10.5 Å². The molecule has 0 atom stereocenters. The van der Waals surface area contributed by atoms with Gasteiger partial charge in [-0.25, -0.2) is 9.97 Å². The summed E-state index contributed by atoms with van der Waals surface area (Å²) in [6.45, 7) is 0. The highest BCUT2D eigenvalue weighted by Crippen LogP contribution is 2.24. The van der Waals surface area contributed by atoms with Gasteiger partial charge in [0.1, 0.15) is 12.1 Å². The molecule has 0 bridgehead atoms. The molecule has 3 N–H and O–H groups in total. The molecule has 130 valence electrons. The zero-order chi connectivity index (χ0) is 18.1. The Labute approximate surface area is 145 Å². The van der Waals surface area contributed by atoms with Crippen LogP contribution in [0.25, 0.3) is 23.0 Å². The fourth-order valence-electron chi connectivity index (χ4n) is 2.30. The number of carbonyl (C=O) groups excluding carboxylic acids is 1. The second-order valence-electron chi connectivity index (χ2n) is 5.28. The van der Waals surface area contributed by atoms with Gasteiger partial charge in [0, 0.05) is 25.0 Å². The first-order chi connectivity index (χ1) is 12.6. The lowest BCUT2D eigenvalue weighted by Crippen LogP contribution is -2.12. The van der Waals surface area contributed by atoms with E-state index < -0.39 is 5.91 Å². The van der Waals surface area contributed by atoms with Crippen molar-refractivity contribution in [2.45, 2.75) is 0 Å². The summed E-state index contributed by atoms with van der Waals surface area (Å²) in [6, 6.07) is 3.28. The molecular weight excluding hydrogens is 340 g/mol. The summed E-state index contributed by atoms with van der Waals surface area (Å²) in [5.74, 6) is 0.370. The summed E-state index contributed by atoms with van der Waals surface area (Å²) in [5.41, 5.74) is 7.14. The highest BCUT2D eigenvalue weighted by molar-refractivity contribution is 6.04. The van der Waals surface area contributed by atoms with E-state index in [-0.39, 0.29) is 17.4 Å². The molecule has 4 heterocycles. The molecule has 0 fully saturated rings. The lowest BCUT2D eigenvalue weighted by Gasteiger charge is -2.00. The average Bonchev–Trinajstić information content (AvgIpc) is 3.35. The van der Waals surface area contributed by atoms with Crippen molar-refractivity contribution in [3.05, 3.63) is 42.9 Å². The third-order valence-corrected chi connectivity index (χ3v) is 3.41. The number of oxazole rings is 1. The van der Waals surface area contributed by atoms with Crippen LogP contribution in [0, 0.1) is 0 Å². The molecule has 0 saturated heterocycles. The number of rotatable bonds is 4. The van der Waals surface area contributed by atoms with E-state index >= 15 is 0 Å². The number of amides is 1. The number of anilines is 2. The summed E-state index contributed by atoms with van der Waals surface area (Å²) < 4.78 is 11.6.